The van der Waals surface area contributed by atoms with Gasteiger partial charge in [0.25, 0.3) is 0 Å². The van der Waals surface area contributed by atoms with Crippen molar-refractivity contribution in [2.75, 3.05) is 11.6 Å². The van der Waals surface area contributed by atoms with E-state index in [-0.39, 0.29) is 17.9 Å². The molecule has 0 aromatic heterocycles. The summed E-state index contributed by atoms with van der Waals surface area (Å²) in [7, 11) is 0. The number of rotatable bonds is 2. The number of nitrogens with zero attached hydrogens (tertiary/aromatic N) is 2. The van der Waals surface area contributed by atoms with Crippen LogP contribution < -0.4 is 5.01 Å². The molecule has 8 heteroatoms. The number of hydrogen-bond acceptors (Lipinski definition) is 3. The second kappa shape index (κ2) is 5.71. The summed E-state index contributed by atoms with van der Waals surface area (Å²) in [5.74, 6) is -5.48. The van der Waals surface area contributed by atoms with Crippen LogP contribution in [0, 0.1) is 23.3 Å². The first kappa shape index (κ1) is 15.0. The highest BCUT2D eigenvalue weighted by molar-refractivity contribution is 5.91. The molecule has 1 amide bonds. The van der Waals surface area contributed by atoms with Crippen LogP contribution in [0.25, 0.3) is 11.1 Å². The third kappa shape index (κ3) is 2.63. The van der Waals surface area contributed by atoms with Gasteiger partial charge >= 0.3 is 6.09 Å². The molecule has 0 spiro atoms. The standard InChI is InChI=1S/C15H8F4N2O2/c16-11-4-3-10(13(18)14(11)19)9-2-1-8(7-12(9)17)21-15(22)23-6-5-20-21/h1-5,7H,6H2. The van der Waals surface area contributed by atoms with Gasteiger partial charge in [-0.2, -0.15) is 10.1 Å². The summed E-state index contributed by atoms with van der Waals surface area (Å²) in [6.07, 6.45) is 0.515. The largest absolute Gasteiger partial charge is 0.442 e. The number of carbonyl (C=O) groups excluding carboxylic acids is 1. The minimum atomic E-state index is -1.69. The quantitative estimate of drug-likeness (QED) is 0.622. The van der Waals surface area contributed by atoms with Gasteiger partial charge in [0.15, 0.2) is 17.5 Å². The summed E-state index contributed by atoms with van der Waals surface area (Å²) < 4.78 is 58.9. The number of benzene rings is 2. The van der Waals surface area contributed by atoms with E-state index < -0.39 is 34.9 Å². The first-order valence-corrected chi connectivity index (χ1v) is 6.42. The van der Waals surface area contributed by atoms with Crippen molar-refractivity contribution in [3.05, 3.63) is 53.6 Å². The van der Waals surface area contributed by atoms with Crippen LogP contribution in [0.15, 0.2) is 35.4 Å². The maximum Gasteiger partial charge on any atom is 0.435 e. The molecule has 0 fully saturated rings. The first-order chi connectivity index (χ1) is 11.0. The van der Waals surface area contributed by atoms with Gasteiger partial charge in [0.2, 0.25) is 0 Å². The Morgan fingerprint density at radius 1 is 0.957 bits per heavy atom. The van der Waals surface area contributed by atoms with E-state index in [1.165, 1.54) is 12.3 Å². The van der Waals surface area contributed by atoms with E-state index in [0.717, 1.165) is 23.2 Å². The summed E-state index contributed by atoms with van der Waals surface area (Å²) in [5, 5.41) is 4.57. The van der Waals surface area contributed by atoms with Crippen LogP contribution in [0.1, 0.15) is 0 Å². The molecule has 0 saturated heterocycles. The Kier molecular flexibility index (Phi) is 3.73. The van der Waals surface area contributed by atoms with Crippen molar-refractivity contribution in [3.63, 3.8) is 0 Å². The van der Waals surface area contributed by atoms with E-state index in [1.807, 2.05) is 0 Å². The normalized spacial score (nSPS) is 14.1. The van der Waals surface area contributed by atoms with Crippen molar-refractivity contribution in [3.8, 4) is 11.1 Å². The molecule has 23 heavy (non-hydrogen) atoms. The Bertz CT molecular complexity index is 823. The number of anilines is 1. The predicted molar refractivity (Wildman–Crippen MR) is 74.0 cm³/mol. The summed E-state index contributed by atoms with van der Waals surface area (Å²) in [6.45, 7) is 0.00989. The molecule has 0 aliphatic carbocycles. The van der Waals surface area contributed by atoms with Crippen LogP contribution in [0.2, 0.25) is 0 Å². The molecule has 0 saturated carbocycles. The zero-order valence-corrected chi connectivity index (χ0v) is 11.4. The molecule has 118 valence electrons. The average Bonchev–Trinajstić information content (AvgIpc) is 2.54. The number of carbonyl (C=O) groups is 1. The number of hydrogen-bond donors (Lipinski definition) is 0. The molecule has 0 N–H and O–H groups in total. The third-order valence-corrected chi connectivity index (χ3v) is 3.17. The zero-order valence-electron chi connectivity index (χ0n) is 11.4. The second-order valence-electron chi connectivity index (χ2n) is 4.57. The second-order valence-corrected chi connectivity index (χ2v) is 4.57. The Labute approximate surface area is 127 Å². The fourth-order valence-corrected chi connectivity index (χ4v) is 2.09. The number of halogens is 4. The smallest absolute Gasteiger partial charge is 0.435 e. The van der Waals surface area contributed by atoms with Crippen LogP contribution in [0.5, 0.6) is 0 Å². The van der Waals surface area contributed by atoms with Crippen molar-refractivity contribution >= 4 is 18.0 Å². The first-order valence-electron chi connectivity index (χ1n) is 6.42. The van der Waals surface area contributed by atoms with Gasteiger partial charge < -0.3 is 4.74 Å². The van der Waals surface area contributed by atoms with Crippen molar-refractivity contribution in [1.82, 2.24) is 0 Å². The van der Waals surface area contributed by atoms with Gasteiger partial charge in [-0.3, -0.25) is 0 Å². The molecule has 0 unspecified atom stereocenters. The average molecular weight is 324 g/mol. The summed E-state index contributed by atoms with van der Waals surface area (Å²) in [6, 6.07) is 4.97. The molecule has 4 nitrogen and oxygen atoms in total. The maximum atomic E-state index is 14.2. The van der Waals surface area contributed by atoms with Crippen LogP contribution in [0.3, 0.4) is 0 Å². The fourth-order valence-electron chi connectivity index (χ4n) is 2.09. The predicted octanol–water partition coefficient (Wildman–Crippen LogP) is 3.85. The molecule has 1 heterocycles. The van der Waals surface area contributed by atoms with E-state index in [9.17, 15) is 22.4 Å². The molecule has 0 atom stereocenters. The number of amides is 1. The molecule has 1 aliphatic heterocycles. The maximum absolute atomic E-state index is 14.2. The van der Waals surface area contributed by atoms with Crippen molar-refractivity contribution < 1.29 is 27.1 Å². The molecule has 3 rings (SSSR count). The molecular weight excluding hydrogens is 316 g/mol. The lowest BCUT2D eigenvalue weighted by atomic mass is 10.0. The van der Waals surface area contributed by atoms with Gasteiger partial charge in [-0.25, -0.2) is 22.4 Å². The Balaban J connectivity index is 2.04. The lowest BCUT2D eigenvalue weighted by Gasteiger charge is -2.20. The Morgan fingerprint density at radius 2 is 1.70 bits per heavy atom. The van der Waals surface area contributed by atoms with Crippen LogP contribution >= 0.6 is 0 Å². The lowest BCUT2D eigenvalue weighted by molar-refractivity contribution is 0.167. The number of hydrazone groups is 1. The van der Waals surface area contributed by atoms with E-state index in [0.29, 0.717) is 6.07 Å². The lowest BCUT2D eigenvalue weighted by Crippen LogP contribution is -2.31. The van der Waals surface area contributed by atoms with Gasteiger partial charge in [-0.05, 0) is 24.3 Å². The van der Waals surface area contributed by atoms with Gasteiger partial charge in [-0.1, -0.05) is 0 Å². The SMILES string of the molecule is O=C1OCC=NN1c1ccc(-c2ccc(F)c(F)c2F)c(F)c1. The topological polar surface area (TPSA) is 41.9 Å². The van der Waals surface area contributed by atoms with Gasteiger partial charge in [0.1, 0.15) is 12.4 Å². The number of cyclic esters (lactones) is 1. The van der Waals surface area contributed by atoms with Gasteiger partial charge in [-0.15, -0.1) is 0 Å². The molecule has 2 aromatic rings. The minimum Gasteiger partial charge on any atom is -0.442 e. The minimum absolute atomic E-state index is 0.00989. The Hall–Kier alpha value is -2.90. The van der Waals surface area contributed by atoms with E-state index in [4.69, 9.17) is 4.74 Å². The highest BCUT2D eigenvalue weighted by Crippen LogP contribution is 2.31. The summed E-state index contributed by atoms with van der Waals surface area (Å²) in [5.41, 5.74) is -0.660. The monoisotopic (exact) mass is 324 g/mol. The molecule has 2 aromatic carbocycles. The van der Waals surface area contributed by atoms with Gasteiger partial charge in [0.05, 0.1) is 11.9 Å². The van der Waals surface area contributed by atoms with Crippen molar-refractivity contribution in [2.24, 2.45) is 5.10 Å². The van der Waals surface area contributed by atoms with E-state index >= 15 is 0 Å². The van der Waals surface area contributed by atoms with E-state index in [1.54, 1.807) is 0 Å². The van der Waals surface area contributed by atoms with Crippen LogP contribution in [-0.4, -0.2) is 18.9 Å². The van der Waals surface area contributed by atoms with Crippen molar-refractivity contribution in [2.45, 2.75) is 0 Å². The van der Waals surface area contributed by atoms with Crippen LogP contribution in [-0.2, 0) is 4.74 Å². The van der Waals surface area contributed by atoms with Crippen molar-refractivity contribution in [1.29, 1.82) is 0 Å². The summed E-state index contributed by atoms with van der Waals surface area (Å²) >= 11 is 0. The Morgan fingerprint density at radius 3 is 2.39 bits per heavy atom. The molecule has 0 radical (unpaired) electrons. The molecule has 0 bridgehead atoms. The highest BCUT2D eigenvalue weighted by atomic mass is 19.2. The highest BCUT2D eigenvalue weighted by Gasteiger charge is 2.22. The zero-order chi connectivity index (χ0) is 16.6. The number of ether oxygens (including phenoxy) is 1. The third-order valence-electron chi connectivity index (χ3n) is 3.17. The van der Waals surface area contributed by atoms with Crippen LogP contribution in [0.4, 0.5) is 28.0 Å². The van der Waals surface area contributed by atoms with E-state index in [2.05, 4.69) is 5.10 Å². The summed E-state index contributed by atoms with van der Waals surface area (Å²) in [4.78, 5) is 11.5. The van der Waals surface area contributed by atoms with Gasteiger partial charge in [0, 0.05) is 17.2 Å². The fraction of sp³-hybridized carbons (Fsp3) is 0.0667. The molecular formula is C15H8F4N2O2. The molecule has 1 aliphatic rings.